The monoisotopic (exact) mass is 522 g/mol. The number of aliphatic hydroxyl groups excluding tert-OH is 1. The number of esters is 2. The third-order valence-corrected chi connectivity index (χ3v) is 11.2. The van der Waals surface area contributed by atoms with Gasteiger partial charge in [0, 0.05) is 12.8 Å². The lowest BCUT2D eigenvalue weighted by atomic mass is 9.46. The minimum absolute atomic E-state index is 0.0640. The van der Waals surface area contributed by atoms with Crippen molar-refractivity contribution < 1.29 is 24.2 Å². The van der Waals surface area contributed by atoms with E-state index >= 15 is 0 Å². The van der Waals surface area contributed by atoms with Crippen LogP contribution in [0.1, 0.15) is 95.8 Å². The van der Waals surface area contributed by atoms with E-state index in [1.807, 2.05) is 25.1 Å². The number of hydrogen-bond acceptors (Lipinski definition) is 5. The minimum atomic E-state index is -0.440. The van der Waals surface area contributed by atoms with E-state index in [1.54, 1.807) is 12.1 Å². The molecule has 1 aromatic carbocycles. The van der Waals surface area contributed by atoms with Crippen molar-refractivity contribution in [2.24, 2.45) is 40.4 Å². The van der Waals surface area contributed by atoms with E-state index in [4.69, 9.17) is 9.47 Å². The lowest BCUT2D eigenvalue weighted by molar-refractivity contribution is -0.143. The Morgan fingerprint density at radius 2 is 1.82 bits per heavy atom. The lowest BCUT2D eigenvalue weighted by Crippen LogP contribution is -2.55. The fourth-order valence-corrected chi connectivity index (χ4v) is 9.26. The molecule has 0 unspecified atom stereocenters. The summed E-state index contributed by atoms with van der Waals surface area (Å²) in [6.45, 7) is 9.51. The van der Waals surface area contributed by atoms with Crippen LogP contribution in [-0.4, -0.2) is 35.9 Å². The molecule has 0 radical (unpaired) electrons. The van der Waals surface area contributed by atoms with E-state index < -0.39 is 6.10 Å². The van der Waals surface area contributed by atoms with Crippen molar-refractivity contribution >= 4 is 11.9 Å². The van der Waals surface area contributed by atoms with Crippen molar-refractivity contribution in [3.8, 4) is 0 Å². The van der Waals surface area contributed by atoms with Gasteiger partial charge < -0.3 is 14.6 Å². The van der Waals surface area contributed by atoms with Crippen LogP contribution in [0.15, 0.2) is 42.0 Å². The molecule has 5 nitrogen and oxygen atoms in total. The SMILES string of the molecule is CCOC(=O)CC[C@@H](C)[C@H]1CC[C@H]2[C@@H]3[C@@H](O)C=C4C[C@H](OC(=O)c5ccccc5)CC[C@]4(C)[C@H]3CC[C@]12C. The molecule has 4 aliphatic carbocycles. The second kappa shape index (κ2) is 10.8. The quantitative estimate of drug-likeness (QED) is 0.317. The van der Waals surface area contributed by atoms with Crippen LogP contribution in [0.2, 0.25) is 0 Å². The van der Waals surface area contributed by atoms with Crippen LogP contribution in [0.5, 0.6) is 0 Å². The predicted molar refractivity (Wildman–Crippen MR) is 147 cm³/mol. The summed E-state index contributed by atoms with van der Waals surface area (Å²) in [7, 11) is 0. The summed E-state index contributed by atoms with van der Waals surface area (Å²) < 4.78 is 11.1. The molecule has 0 amide bonds. The van der Waals surface area contributed by atoms with Crippen molar-refractivity contribution in [3.63, 3.8) is 0 Å². The zero-order chi connectivity index (χ0) is 27.1. The number of benzene rings is 1. The molecule has 0 spiro atoms. The molecule has 0 aromatic heterocycles. The highest BCUT2D eigenvalue weighted by Gasteiger charge is 2.61. The Morgan fingerprint density at radius 1 is 1.05 bits per heavy atom. The van der Waals surface area contributed by atoms with Crippen molar-refractivity contribution in [1.82, 2.24) is 0 Å². The van der Waals surface area contributed by atoms with E-state index in [1.165, 1.54) is 24.8 Å². The van der Waals surface area contributed by atoms with Gasteiger partial charge in [-0.15, -0.1) is 0 Å². The first kappa shape index (κ1) is 27.4. The molecule has 0 saturated heterocycles. The molecule has 3 fully saturated rings. The summed E-state index contributed by atoms with van der Waals surface area (Å²) in [6, 6.07) is 9.23. The fourth-order valence-electron chi connectivity index (χ4n) is 9.26. The van der Waals surface area contributed by atoms with Gasteiger partial charge in [-0.3, -0.25) is 4.79 Å². The van der Waals surface area contributed by atoms with Crippen LogP contribution < -0.4 is 0 Å². The first-order valence-corrected chi connectivity index (χ1v) is 15.0. The van der Waals surface area contributed by atoms with Gasteiger partial charge in [0.05, 0.1) is 18.3 Å². The Hall–Kier alpha value is -2.14. The van der Waals surface area contributed by atoms with E-state index in [-0.39, 0.29) is 34.8 Å². The number of ether oxygens (including phenoxy) is 2. The summed E-state index contributed by atoms with van der Waals surface area (Å²) in [5.41, 5.74) is 2.16. The highest BCUT2D eigenvalue weighted by molar-refractivity contribution is 5.89. The second-order valence-electron chi connectivity index (χ2n) is 13.1. The molecular formula is C33H46O5. The summed E-state index contributed by atoms with van der Waals surface area (Å²) in [5.74, 6) is 1.99. The Morgan fingerprint density at radius 3 is 2.55 bits per heavy atom. The molecule has 4 aliphatic rings. The molecular weight excluding hydrogens is 476 g/mol. The molecule has 5 rings (SSSR count). The van der Waals surface area contributed by atoms with Crippen LogP contribution in [0.3, 0.4) is 0 Å². The molecule has 0 heterocycles. The maximum Gasteiger partial charge on any atom is 0.338 e. The van der Waals surface area contributed by atoms with Gasteiger partial charge >= 0.3 is 11.9 Å². The zero-order valence-electron chi connectivity index (χ0n) is 23.7. The summed E-state index contributed by atoms with van der Waals surface area (Å²) in [4.78, 5) is 24.7. The Kier molecular flexibility index (Phi) is 7.79. The Labute approximate surface area is 228 Å². The summed E-state index contributed by atoms with van der Waals surface area (Å²) in [5, 5.41) is 11.6. The molecule has 5 heteroatoms. The third kappa shape index (κ3) is 4.85. The van der Waals surface area contributed by atoms with Gasteiger partial charge in [0.15, 0.2) is 0 Å². The van der Waals surface area contributed by atoms with Crippen molar-refractivity contribution in [3.05, 3.63) is 47.5 Å². The smallest absolute Gasteiger partial charge is 0.338 e. The van der Waals surface area contributed by atoms with Gasteiger partial charge in [-0.1, -0.05) is 50.6 Å². The summed E-state index contributed by atoms with van der Waals surface area (Å²) >= 11 is 0. The van der Waals surface area contributed by atoms with Crippen LogP contribution in [0.4, 0.5) is 0 Å². The van der Waals surface area contributed by atoms with Crippen molar-refractivity contribution in [2.45, 2.75) is 97.7 Å². The van der Waals surface area contributed by atoms with Gasteiger partial charge in [-0.05, 0) is 104 Å². The van der Waals surface area contributed by atoms with Crippen LogP contribution in [-0.2, 0) is 14.3 Å². The zero-order valence-corrected chi connectivity index (χ0v) is 23.7. The van der Waals surface area contributed by atoms with Gasteiger partial charge in [0.2, 0.25) is 0 Å². The number of carbonyl (C=O) groups excluding carboxylic acids is 2. The maximum absolute atomic E-state index is 12.7. The predicted octanol–water partition coefficient (Wildman–Crippen LogP) is 6.74. The molecule has 1 aromatic rings. The fraction of sp³-hybridized carbons (Fsp3) is 0.697. The average Bonchev–Trinajstić information content (AvgIpc) is 3.26. The van der Waals surface area contributed by atoms with Gasteiger partial charge in [0.1, 0.15) is 6.10 Å². The molecule has 38 heavy (non-hydrogen) atoms. The molecule has 3 saturated carbocycles. The lowest BCUT2D eigenvalue weighted by Gasteiger charge is -2.59. The van der Waals surface area contributed by atoms with Gasteiger partial charge in [0.25, 0.3) is 0 Å². The molecule has 208 valence electrons. The average molecular weight is 523 g/mol. The van der Waals surface area contributed by atoms with Crippen LogP contribution in [0, 0.1) is 40.4 Å². The number of hydrogen-bond donors (Lipinski definition) is 1. The first-order valence-electron chi connectivity index (χ1n) is 15.0. The first-order chi connectivity index (χ1) is 18.2. The van der Waals surface area contributed by atoms with Gasteiger partial charge in [-0.2, -0.15) is 0 Å². The third-order valence-electron chi connectivity index (χ3n) is 11.2. The largest absolute Gasteiger partial charge is 0.466 e. The number of fused-ring (bicyclic) bond motifs is 5. The number of carbonyl (C=O) groups is 2. The number of aliphatic hydroxyl groups is 1. The highest BCUT2D eigenvalue weighted by atomic mass is 16.5. The Bertz CT molecular complexity index is 1050. The van der Waals surface area contributed by atoms with E-state index in [2.05, 4.69) is 26.8 Å². The summed E-state index contributed by atoms with van der Waals surface area (Å²) in [6.07, 6.45) is 10.2. The standard InChI is InChI=1S/C33H46O5/c1-5-37-29(35)14-11-21(2)25-12-13-26-30-27(16-18-33(25,26)4)32(3)17-15-24(19-23(32)20-28(30)34)38-31(36)22-9-7-6-8-10-22/h6-10,20-21,24-28,30,34H,5,11-19H2,1-4H3/t21-,24-,25-,26+,27+,28+,30+,32+,33-/m1/s1. The van der Waals surface area contributed by atoms with Crippen molar-refractivity contribution in [2.75, 3.05) is 6.61 Å². The molecule has 1 N–H and O–H groups in total. The Balaban J connectivity index is 1.29. The molecule has 0 bridgehead atoms. The van der Waals surface area contributed by atoms with Crippen molar-refractivity contribution in [1.29, 1.82) is 0 Å². The topological polar surface area (TPSA) is 72.8 Å². The normalized spacial score (nSPS) is 38.7. The highest BCUT2D eigenvalue weighted by Crippen LogP contribution is 2.67. The molecule has 0 aliphatic heterocycles. The van der Waals surface area contributed by atoms with Gasteiger partial charge in [-0.25, -0.2) is 4.79 Å². The minimum Gasteiger partial charge on any atom is -0.466 e. The molecule has 9 atom stereocenters. The van der Waals surface area contributed by atoms with E-state index in [9.17, 15) is 14.7 Å². The van der Waals surface area contributed by atoms with E-state index in [0.29, 0.717) is 42.3 Å². The second-order valence-corrected chi connectivity index (χ2v) is 13.1. The number of rotatable bonds is 7. The van der Waals surface area contributed by atoms with E-state index in [0.717, 1.165) is 32.1 Å². The maximum atomic E-state index is 12.7. The van der Waals surface area contributed by atoms with Crippen LogP contribution in [0.25, 0.3) is 0 Å². The van der Waals surface area contributed by atoms with Crippen LogP contribution >= 0.6 is 0 Å².